The molecule has 5 nitrogen and oxygen atoms in total. The number of anilines is 1. The van der Waals surface area contributed by atoms with E-state index < -0.39 is 0 Å². The Kier molecular flexibility index (Phi) is 4.98. The van der Waals surface area contributed by atoms with Crippen molar-refractivity contribution < 1.29 is 0 Å². The molecular formula is C11H20N4O. The Morgan fingerprint density at radius 1 is 1.50 bits per heavy atom. The van der Waals surface area contributed by atoms with Crippen LogP contribution in [0.25, 0.3) is 0 Å². The summed E-state index contributed by atoms with van der Waals surface area (Å²) < 4.78 is 1.54. The minimum absolute atomic E-state index is 0.0551. The van der Waals surface area contributed by atoms with Crippen LogP contribution in [0.1, 0.15) is 13.3 Å². The molecule has 1 heterocycles. The third-order valence-corrected chi connectivity index (χ3v) is 2.41. The van der Waals surface area contributed by atoms with Gasteiger partial charge in [-0.2, -0.15) is 0 Å². The second kappa shape index (κ2) is 6.27. The van der Waals surface area contributed by atoms with Gasteiger partial charge in [-0.1, -0.05) is 6.92 Å². The second-order valence-electron chi connectivity index (χ2n) is 3.84. The summed E-state index contributed by atoms with van der Waals surface area (Å²) >= 11 is 0. The van der Waals surface area contributed by atoms with Gasteiger partial charge in [0.25, 0.3) is 5.56 Å². The third-order valence-electron chi connectivity index (χ3n) is 2.41. The number of hydrogen-bond acceptors (Lipinski definition) is 4. The first-order valence-electron chi connectivity index (χ1n) is 5.60. The number of nitrogens with zero attached hydrogens (tertiary/aromatic N) is 3. The zero-order valence-electron chi connectivity index (χ0n) is 10.2. The molecule has 0 bridgehead atoms. The first kappa shape index (κ1) is 12.7. The summed E-state index contributed by atoms with van der Waals surface area (Å²) in [6.45, 7) is 4.79. The van der Waals surface area contributed by atoms with Gasteiger partial charge in [0.1, 0.15) is 0 Å². The van der Waals surface area contributed by atoms with Crippen molar-refractivity contribution in [1.82, 2.24) is 14.9 Å². The van der Waals surface area contributed by atoms with Crippen molar-refractivity contribution in [3.63, 3.8) is 0 Å². The summed E-state index contributed by atoms with van der Waals surface area (Å²) in [5.41, 5.74) is -0.0551. The highest BCUT2D eigenvalue weighted by Gasteiger charge is 2.07. The highest BCUT2D eigenvalue weighted by molar-refractivity contribution is 5.33. The van der Waals surface area contributed by atoms with E-state index in [0.29, 0.717) is 5.82 Å². The fraction of sp³-hybridized carbons (Fsp3) is 0.636. The molecule has 90 valence electrons. The monoisotopic (exact) mass is 224 g/mol. The fourth-order valence-electron chi connectivity index (χ4n) is 1.40. The van der Waals surface area contributed by atoms with Gasteiger partial charge in [0.15, 0.2) is 5.82 Å². The Hall–Kier alpha value is -1.36. The molecule has 0 amide bonds. The molecule has 0 radical (unpaired) electrons. The number of rotatable bonds is 6. The smallest absolute Gasteiger partial charge is 0.293 e. The molecule has 0 aliphatic heterocycles. The van der Waals surface area contributed by atoms with Crippen LogP contribution in [-0.2, 0) is 7.05 Å². The van der Waals surface area contributed by atoms with Gasteiger partial charge in [0.2, 0.25) is 0 Å². The second-order valence-corrected chi connectivity index (χ2v) is 3.84. The molecule has 0 aliphatic carbocycles. The van der Waals surface area contributed by atoms with Crippen molar-refractivity contribution in [3.05, 3.63) is 22.7 Å². The van der Waals surface area contributed by atoms with Gasteiger partial charge in [-0.15, -0.1) is 0 Å². The molecule has 0 aliphatic rings. The SMILES string of the molecule is CCCNCCN(C)c1nccn(C)c1=O. The normalized spacial score (nSPS) is 10.4. The van der Waals surface area contributed by atoms with Crippen LogP contribution < -0.4 is 15.8 Å². The molecule has 0 fully saturated rings. The third kappa shape index (κ3) is 3.34. The zero-order valence-corrected chi connectivity index (χ0v) is 10.2. The lowest BCUT2D eigenvalue weighted by molar-refractivity contribution is 0.661. The van der Waals surface area contributed by atoms with E-state index in [1.807, 2.05) is 11.9 Å². The minimum Gasteiger partial charge on any atom is -0.354 e. The average Bonchev–Trinajstić information content (AvgIpc) is 2.28. The summed E-state index contributed by atoms with van der Waals surface area (Å²) in [7, 11) is 3.62. The predicted molar refractivity (Wildman–Crippen MR) is 65.9 cm³/mol. The van der Waals surface area contributed by atoms with Gasteiger partial charge in [0.05, 0.1) is 0 Å². The Balaban J connectivity index is 2.56. The largest absolute Gasteiger partial charge is 0.354 e. The number of aryl methyl sites for hydroxylation is 1. The molecule has 16 heavy (non-hydrogen) atoms. The van der Waals surface area contributed by atoms with Crippen molar-refractivity contribution in [2.45, 2.75) is 13.3 Å². The van der Waals surface area contributed by atoms with Crippen molar-refractivity contribution >= 4 is 5.82 Å². The lowest BCUT2D eigenvalue weighted by Gasteiger charge is -2.17. The molecule has 1 aromatic rings. The van der Waals surface area contributed by atoms with E-state index in [0.717, 1.165) is 26.1 Å². The Bertz CT molecular complexity index is 374. The van der Waals surface area contributed by atoms with Crippen molar-refractivity contribution in [1.29, 1.82) is 0 Å². The molecule has 0 saturated heterocycles. The van der Waals surface area contributed by atoms with Gasteiger partial charge in [0, 0.05) is 39.6 Å². The highest BCUT2D eigenvalue weighted by Crippen LogP contribution is 1.98. The first-order chi connectivity index (χ1) is 7.66. The van der Waals surface area contributed by atoms with Crippen LogP contribution in [0.5, 0.6) is 0 Å². The lowest BCUT2D eigenvalue weighted by Crippen LogP contribution is -2.34. The van der Waals surface area contributed by atoms with Crippen LogP contribution in [0.4, 0.5) is 5.82 Å². The number of likely N-dealkylation sites (N-methyl/N-ethyl adjacent to an activating group) is 1. The van der Waals surface area contributed by atoms with E-state index in [1.165, 1.54) is 4.57 Å². The highest BCUT2D eigenvalue weighted by atomic mass is 16.1. The van der Waals surface area contributed by atoms with Gasteiger partial charge in [-0.05, 0) is 13.0 Å². The van der Waals surface area contributed by atoms with Gasteiger partial charge >= 0.3 is 0 Å². The van der Waals surface area contributed by atoms with Gasteiger partial charge in [-0.3, -0.25) is 4.79 Å². The average molecular weight is 224 g/mol. The van der Waals surface area contributed by atoms with E-state index in [4.69, 9.17) is 0 Å². The summed E-state index contributed by atoms with van der Waals surface area (Å²) in [5.74, 6) is 0.503. The van der Waals surface area contributed by atoms with Crippen LogP contribution >= 0.6 is 0 Å². The molecule has 0 aromatic carbocycles. The maximum atomic E-state index is 11.7. The van der Waals surface area contributed by atoms with Gasteiger partial charge < -0.3 is 14.8 Å². The molecular weight excluding hydrogens is 204 g/mol. The molecule has 5 heteroatoms. The molecule has 0 saturated carbocycles. The van der Waals surface area contributed by atoms with Crippen LogP contribution in [0.2, 0.25) is 0 Å². The Labute approximate surface area is 96.1 Å². The fourth-order valence-corrected chi connectivity index (χ4v) is 1.40. The quantitative estimate of drug-likeness (QED) is 0.702. The first-order valence-corrected chi connectivity index (χ1v) is 5.60. The molecule has 1 rings (SSSR count). The van der Waals surface area contributed by atoms with E-state index in [9.17, 15) is 4.79 Å². The maximum absolute atomic E-state index is 11.7. The predicted octanol–water partition coefficient (Wildman–Crippen LogP) is 0.216. The molecule has 1 N–H and O–H groups in total. The summed E-state index contributed by atoms with van der Waals surface area (Å²) in [6.07, 6.45) is 4.43. The minimum atomic E-state index is -0.0551. The Morgan fingerprint density at radius 2 is 2.25 bits per heavy atom. The number of hydrogen-bond donors (Lipinski definition) is 1. The molecule has 0 unspecified atom stereocenters. The topological polar surface area (TPSA) is 50.2 Å². The van der Waals surface area contributed by atoms with Crippen LogP contribution in [0, 0.1) is 0 Å². The van der Waals surface area contributed by atoms with Crippen LogP contribution in [-0.4, -0.2) is 36.2 Å². The molecule has 0 atom stereocenters. The van der Waals surface area contributed by atoms with Crippen molar-refractivity contribution in [2.75, 3.05) is 31.6 Å². The zero-order chi connectivity index (χ0) is 12.0. The molecule has 0 spiro atoms. The van der Waals surface area contributed by atoms with E-state index in [-0.39, 0.29) is 5.56 Å². The maximum Gasteiger partial charge on any atom is 0.293 e. The Morgan fingerprint density at radius 3 is 2.94 bits per heavy atom. The van der Waals surface area contributed by atoms with Crippen LogP contribution in [0.3, 0.4) is 0 Å². The van der Waals surface area contributed by atoms with Crippen LogP contribution in [0.15, 0.2) is 17.2 Å². The van der Waals surface area contributed by atoms with Crippen molar-refractivity contribution in [3.8, 4) is 0 Å². The summed E-state index contributed by atoms with van der Waals surface area (Å²) in [4.78, 5) is 17.7. The van der Waals surface area contributed by atoms with E-state index in [2.05, 4.69) is 17.2 Å². The molecule has 1 aromatic heterocycles. The lowest BCUT2D eigenvalue weighted by atomic mass is 10.4. The summed E-state index contributed by atoms with van der Waals surface area (Å²) in [5, 5.41) is 3.29. The standard InChI is InChI=1S/C11H20N4O/c1-4-5-12-6-8-14(2)10-11(16)15(3)9-7-13-10/h7,9,12H,4-6,8H2,1-3H3. The van der Waals surface area contributed by atoms with E-state index >= 15 is 0 Å². The summed E-state index contributed by atoms with van der Waals surface area (Å²) in [6, 6.07) is 0. The number of nitrogens with one attached hydrogen (secondary N) is 1. The number of aromatic nitrogens is 2. The van der Waals surface area contributed by atoms with Crippen molar-refractivity contribution in [2.24, 2.45) is 7.05 Å². The van der Waals surface area contributed by atoms with Gasteiger partial charge in [-0.25, -0.2) is 4.98 Å². The van der Waals surface area contributed by atoms with E-state index in [1.54, 1.807) is 19.4 Å².